The van der Waals surface area contributed by atoms with E-state index in [1.165, 1.54) is 0 Å². The molecule has 0 bridgehead atoms. The van der Waals surface area contributed by atoms with Gasteiger partial charge in [-0.05, 0) is 15.9 Å². The highest BCUT2D eigenvalue weighted by atomic mass is 79.9. The number of carboxylic acid groups (broad SMARTS) is 1. The Bertz CT molecular complexity index is 164. The number of halogens is 5. The highest BCUT2D eigenvalue weighted by molar-refractivity contribution is 9.10. The summed E-state index contributed by atoms with van der Waals surface area (Å²) in [5, 5.41) is 7.84. The molecule has 0 aromatic carbocycles. The first-order valence-corrected chi connectivity index (χ1v) is 3.12. The Morgan fingerprint density at radius 3 is 1.82 bits per heavy atom. The quantitative estimate of drug-likeness (QED) is 0.591. The number of aliphatic carboxylic acids is 1. The third-order valence-corrected chi connectivity index (χ3v) is 1.52. The zero-order valence-electron chi connectivity index (χ0n) is 4.95. The van der Waals surface area contributed by atoms with Crippen LogP contribution in [0.15, 0.2) is 0 Å². The molecule has 1 atom stereocenters. The van der Waals surface area contributed by atoms with E-state index in [0.29, 0.717) is 0 Å². The Balaban J connectivity index is 4.34. The zero-order valence-corrected chi connectivity index (χ0v) is 6.54. The van der Waals surface area contributed by atoms with Crippen LogP contribution in [0.3, 0.4) is 0 Å². The molecule has 0 aromatic heterocycles. The minimum atomic E-state index is -5.20. The molecule has 0 fully saturated rings. The minimum Gasteiger partial charge on any atom is -0.481 e. The molecular weight excluding hydrogens is 236 g/mol. The van der Waals surface area contributed by atoms with Gasteiger partial charge in [0.15, 0.2) is 0 Å². The van der Waals surface area contributed by atoms with E-state index >= 15 is 0 Å². The molecule has 0 radical (unpaired) electrons. The fourth-order valence-electron chi connectivity index (χ4n) is 0.290. The molecule has 0 aliphatic rings. The van der Waals surface area contributed by atoms with Crippen molar-refractivity contribution in [3.05, 3.63) is 0 Å². The van der Waals surface area contributed by atoms with E-state index in [2.05, 4.69) is 0 Å². The fourth-order valence-corrected chi connectivity index (χ4v) is 0.530. The predicted molar refractivity (Wildman–Crippen MR) is 31.1 cm³/mol. The lowest BCUT2D eigenvalue weighted by atomic mass is 10.3. The van der Waals surface area contributed by atoms with Crippen LogP contribution in [0.2, 0.25) is 0 Å². The van der Waals surface area contributed by atoms with Crippen molar-refractivity contribution in [2.24, 2.45) is 0 Å². The summed E-state index contributed by atoms with van der Waals surface area (Å²) >= 11 is 1.63. The van der Waals surface area contributed by atoms with Crippen LogP contribution >= 0.6 is 15.9 Å². The molecule has 0 aliphatic heterocycles. The molecule has 1 unspecified atom stereocenters. The molecule has 66 valence electrons. The van der Waals surface area contributed by atoms with E-state index in [-0.39, 0.29) is 0 Å². The van der Waals surface area contributed by atoms with Gasteiger partial charge in [-0.1, -0.05) is 0 Å². The van der Waals surface area contributed by atoms with Gasteiger partial charge < -0.3 is 5.11 Å². The smallest absolute Gasteiger partial charge is 0.433 e. The van der Waals surface area contributed by atoms with Crippen molar-refractivity contribution >= 4 is 21.9 Å². The van der Waals surface area contributed by atoms with E-state index in [0.717, 1.165) is 0 Å². The van der Waals surface area contributed by atoms with Gasteiger partial charge in [-0.25, -0.2) is 4.39 Å². The van der Waals surface area contributed by atoms with Crippen molar-refractivity contribution < 1.29 is 27.5 Å². The topological polar surface area (TPSA) is 37.3 Å². The van der Waals surface area contributed by atoms with Gasteiger partial charge in [-0.2, -0.15) is 13.2 Å². The number of carboxylic acids is 1. The lowest BCUT2D eigenvalue weighted by Crippen LogP contribution is -2.36. The van der Waals surface area contributed by atoms with E-state index < -0.39 is 23.1 Å². The second-order valence-corrected chi connectivity index (χ2v) is 3.03. The maximum Gasteiger partial charge on any atom is 0.433 e. The highest BCUT2D eigenvalue weighted by Crippen LogP contribution is 2.41. The summed E-state index contributed by atoms with van der Waals surface area (Å²) in [6, 6.07) is 0. The molecule has 7 heteroatoms. The first kappa shape index (κ1) is 10.7. The standard InChI is InChI=1S/C4H3BrF4O2/c5-3(6,1-2(10)11)4(7,8)9/h1H2,(H,10,11). The van der Waals surface area contributed by atoms with Crippen molar-refractivity contribution in [1.29, 1.82) is 0 Å². The van der Waals surface area contributed by atoms with E-state index in [4.69, 9.17) is 5.11 Å². The lowest BCUT2D eigenvalue weighted by molar-refractivity contribution is -0.197. The third-order valence-electron chi connectivity index (χ3n) is 0.788. The van der Waals surface area contributed by atoms with Gasteiger partial charge in [0.1, 0.15) is 0 Å². The Kier molecular flexibility index (Phi) is 2.87. The Hall–Kier alpha value is -0.330. The zero-order chi connectivity index (χ0) is 9.28. The molecule has 1 N–H and O–H groups in total. The Morgan fingerprint density at radius 1 is 1.36 bits per heavy atom. The predicted octanol–water partition coefficient (Wildman–Crippen LogP) is 2.08. The van der Waals surface area contributed by atoms with Crippen molar-refractivity contribution in [1.82, 2.24) is 0 Å². The van der Waals surface area contributed by atoms with Crippen LogP contribution in [0.5, 0.6) is 0 Å². The van der Waals surface area contributed by atoms with Crippen molar-refractivity contribution in [3.63, 3.8) is 0 Å². The third kappa shape index (κ3) is 3.04. The maximum atomic E-state index is 12.3. The summed E-state index contributed by atoms with van der Waals surface area (Å²) in [5.41, 5.74) is 0. The van der Waals surface area contributed by atoms with Gasteiger partial charge in [0.05, 0.1) is 6.42 Å². The Morgan fingerprint density at radius 2 is 1.73 bits per heavy atom. The van der Waals surface area contributed by atoms with Gasteiger partial charge in [-0.3, -0.25) is 4.79 Å². The van der Waals surface area contributed by atoms with Crippen molar-refractivity contribution in [2.75, 3.05) is 0 Å². The average molecular weight is 239 g/mol. The van der Waals surface area contributed by atoms with Crippen LogP contribution in [-0.4, -0.2) is 21.8 Å². The Labute approximate surface area is 67.3 Å². The van der Waals surface area contributed by atoms with Crippen LogP contribution in [0.25, 0.3) is 0 Å². The van der Waals surface area contributed by atoms with Crippen LogP contribution in [0.1, 0.15) is 6.42 Å². The average Bonchev–Trinajstić information content (AvgIpc) is 1.56. The molecule has 0 spiro atoms. The molecule has 0 aliphatic carbocycles. The summed E-state index contributed by atoms with van der Waals surface area (Å²) in [7, 11) is 0. The summed E-state index contributed by atoms with van der Waals surface area (Å²) in [4.78, 5) is 9.69. The van der Waals surface area contributed by atoms with Gasteiger partial charge in [0, 0.05) is 0 Å². The van der Waals surface area contributed by atoms with Gasteiger partial charge >= 0.3 is 12.1 Å². The molecule has 0 amide bonds. The maximum absolute atomic E-state index is 12.3. The summed E-state index contributed by atoms with van der Waals surface area (Å²) in [6.07, 6.45) is -6.85. The van der Waals surface area contributed by atoms with Crippen LogP contribution < -0.4 is 0 Å². The fraction of sp³-hybridized carbons (Fsp3) is 0.750. The SMILES string of the molecule is O=C(O)CC(F)(Br)C(F)(F)F. The van der Waals surface area contributed by atoms with Crippen LogP contribution in [0, 0.1) is 0 Å². The van der Waals surface area contributed by atoms with Gasteiger partial charge in [0.25, 0.3) is 4.58 Å². The monoisotopic (exact) mass is 238 g/mol. The van der Waals surface area contributed by atoms with E-state index in [1.54, 1.807) is 15.9 Å². The second kappa shape index (κ2) is 2.96. The minimum absolute atomic E-state index is 1.63. The first-order chi connectivity index (χ1) is 4.67. The molecule has 0 aromatic rings. The summed E-state index contributed by atoms with van der Waals surface area (Å²) < 4.78 is 43.0. The number of hydrogen-bond acceptors (Lipinski definition) is 1. The number of rotatable bonds is 2. The largest absolute Gasteiger partial charge is 0.481 e. The summed E-state index contributed by atoms with van der Waals surface area (Å²) in [5.74, 6) is -1.86. The first-order valence-electron chi connectivity index (χ1n) is 2.33. The normalized spacial score (nSPS) is 17.5. The molecule has 0 rings (SSSR count). The molecule has 0 heterocycles. The molecule has 11 heavy (non-hydrogen) atoms. The second-order valence-electron chi connectivity index (χ2n) is 1.77. The van der Waals surface area contributed by atoms with Crippen molar-refractivity contribution in [2.45, 2.75) is 17.2 Å². The molecule has 2 nitrogen and oxygen atoms in total. The van der Waals surface area contributed by atoms with Crippen molar-refractivity contribution in [3.8, 4) is 0 Å². The molecular formula is C4H3BrF4O2. The van der Waals surface area contributed by atoms with E-state index in [1.807, 2.05) is 0 Å². The highest BCUT2D eigenvalue weighted by Gasteiger charge is 2.55. The number of carbonyl (C=O) groups is 1. The van der Waals surface area contributed by atoms with Gasteiger partial charge in [0.2, 0.25) is 0 Å². The van der Waals surface area contributed by atoms with Crippen LogP contribution in [-0.2, 0) is 4.79 Å². The number of hydrogen-bond donors (Lipinski definition) is 1. The van der Waals surface area contributed by atoms with Crippen LogP contribution in [0.4, 0.5) is 17.6 Å². The molecule has 0 saturated heterocycles. The number of alkyl halides is 5. The van der Waals surface area contributed by atoms with Gasteiger partial charge in [-0.15, -0.1) is 0 Å². The summed E-state index contributed by atoms with van der Waals surface area (Å²) in [6.45, 7) is 0. The van der Waals surface area contributed by atoms with E-state index in [9.17, 15) is 22.4 Å². The molecule has 0 saturated carbocycles. The lowest BCUT2D eigenvalue weighted by Gasteiger charge is -2.18.